The standard InChI is InChI=1S/C30H29F3O4/c1-4-5-24(18-28(29(34)35)27-19-25(30(31,32)33)13-6-20(27)2)23-9-7-21(8-10-23)22-11-14-26(15-12-22)37-17-16-36-3/h5-15,18-19H,4,16-17H2,1-3H3,(H,34,35)/b24-5-,28-18+. The van der Waals surface area contributed by atoms with E-state index < -0.39 is 17.7 Å². The molecule has 0 fully saturated rings. The van der Waals surface area contributed by atoms with E-state index in [1.807, 2.05) is 61.5 Å². The fraction of sp³-hybridized carbons (Fsp3) is 0.233. The molecule has 0 saturated heterocycles. The predicted octanol–water partition coefficient (Wildman–Crippen LogP) is 7.67. The summed E-state index contributed by atoms with van der Waals surface area (Å²) in [6, 6.07) is 18.4. The Hall–Kier alpha value is -3.84. The van der Waals surface area contributed by atoms with Gasteiger partial charge in [0.05, 0.1) is 17.7 Å². The Balaban J connectivity index is 1.93. The lowest BCUT2D eigenvalue weighted by molar-refractivity contribution is -0.137. The van der Waals surface area contributed by atoms with E-state index in [2.05, 4.69) is 0 Å². The van der Waals surface area contributed by atoms with Crippen molar-refractivity contribution in [1.82, 2.24) is 0 Å². The molecule has 4 nitrogen and oxygen atoms in total. The van der Waals surface area contributed by atoms with Crippen molar-refractivity contribution >= 4 is 17.1 Å². The van der Waals surface area contributed by atoms with E-state index >= 15 is 0 Å². The minimum atomic E-state index is -4.57. The maximum atomic E-state index is 13.3. The van der Waals surface area contributed by atoms with E-state index in [4.69, 9.17) is 9.47 Å². The van der Waals surface area contributed by atoms with E-state index in [9.17, 15) is 23.1 Å². The van der Waals surface area contributed by atoms with Crippen molar-refractivity contribution in [2.45, 2.75) is 26.4 Å². The lowest BCUT2D eigenvalue weighted by Crippen LogP contribution is -2.08. The lowest BCUT2D eigenvalue weighted by Gasteiger charge is -2.13. The van der Waals surface area contributed by atoms with E-state index in [-0.39, 0.29) is 11.1 Å². The van der Waals surface area contributed by atoms with Crippen molar-refractivity contribution in [3.63, 3.8) is 0 Å². The summed E-state index contributed by atoms with van der Waals surface area (Å²) >= 11 is 0. The molecule has 3 aromatic carbocycles. The Bertz CT molecular complexity index is 1270. The van der Waals surface area contributed by atoms with E-state index in [0.29, 0.717) is 30.8 Å². The van der Waals surface area contributed by atoms with Gasteiger partial charge in [-0.2, -0.15) is 13.2 Å². The molecule has 0 bridgehead atoms. The molecule has 0 aliphatic rings. The summed E-state index contributed by atoms with van der Waals surface area (Å²) in [5.41, 5.74) is 2.71. The normalized spacial score (nSPS) is 12.5. The van der Waals surface area contributed by atoms with Gasteiger partial charge in [-0.05, 0) is 77.1 Å². The molecule has 0 heterocycles. The Morgan fingerprint density at radius 3 is 2.11 bits per heavy atom. The monoisotopic (exact) mass is 510 g/mol. The minimum Gasteiger partial charge on any atom is -0.491 e. The summed E-state index contributed by atoms with van der Waals surface area (Å²) in [5, 5.41) is 9.90. The second-order valence-electron chi connectivity index (χ2n) is 8.40. The minimum absolute atomic E-state index is 0.0359. The number of methoxy groups -OCH3 is 1. The largest absolute Gasteiger partial charge is 0.491 e. The third-order valence-corrected chi connectivity index (χ3v) is 5.77. The number of hydrogen-bond acceptors (Lipinski definition) is 3. The molecule has 0 amide bonds. The van der Waals surface area contributed by atoms with Crippen LogP contribution in [0, 0.1) is 6.92 Å². The summed E-state index contributed by atoms with van der Waals surface area (Å²) in [6.45, 7) is 4.47. The zero-order chi connectivity index (χ0) is 27.0. The number of allylic oxidation sites excluding steroid dienone is 3. The number of aryl methyl sites for hydroxylation is 1. The molecule has 0 radical (unpaired) electrons. The lowest BCUT2D eigenvalue weighted by atomic mass is 9.93. The first-order valence-electron chi connectivity index (χ1n) is 11.8. The summed E-state index contributed by atoms with van der Waals surface area (Å²) in [6.07, 6.45) is -0.659. The van der Waals surface area contributed by atoms with Gasteiger partial charge in [0.1, 0.15) is 12.4 Å². The van der Waals surface area contributed by atoms with Crippen LogP contribution in [-0.4, -0.2) is 31.4 Å². The fourth-order valence-electron chi connectivity index (χ4n) is 3.82. The second kappa shape index (κ2) is 12.4. The van der Waals surface area contributed by atoms with Gasteiger partial charge in [-0.3, -0.25) is 0 Å². The van der Waals surface area contributed by atoms with Gasteiger partial charge in [0, 0.05) is 7.11 Å². The molecule has 194 valence electrons. The SMILES string of the molecule is CC/C=C(/C=C(/C(=O)O)c1cc(C(F)(F)F)ccc1C)c1ccc(-c2ccc(OCCOC)cc2)cc1. The van der Waals surface area contributed by atoms with E-state index in [0.717, 1.165) is 34.6 Å². The summed E-state index contributed by atoms with van der Waals surface area (Å²) in [7, 11) is 1.61. The average Bonchev–Trinajstić information content (AvgIpc) is 2.87. The Kier molecular flexibility index (Phi) is 9.31. The molecular formula is C30H29F3O4. The van der Waals surface area contributed by atoms with Crippen LogP contribution in [-0.2, 0) is 15.7 Å². The average molecular weight is 511 g/mol. The summed E-state index contributed by atoms with van der Waals surface area (Å²) in [5.74, 6) is -0.560. The molecule has 0 atom stereocenters. The van der Waals surface area contributed by atoms with Crippen LogP contribution in [0.4, 0.5) is 13.2 Å². The van der Waals surface area contributed by atoms with Gasteiger partial charge in [0.2, 0.25) is 0 Å². The first-order valence-corrected chi connectivity index (χ1v) is 11.8. The molecule has 1 N–H and O–H groups in total. The second-order valence-corrected chi connectivity index (χ2v) is 8.40. The number of carbonyl (C=O) groups is 1. The first-order chi connectivity index (χ1) is 17.6. The highest BCUT2D eigenvalue weighted by molar-refractivity contribution is 6.18. The van der Waals surface area contributed by atoms with Crippen LogP contribution in [0.1, 0.15) is 35.6 Å². The van der Waals surface area contributed by atoms with Crippen LogP contribution in [0.3, 0.4) is 0 Å². The maximum absolute atomic E-state index is 13.3. The molecule has 0 spiro atoms. The van der Waals surface area contributed by atoms with Gasteiger partial charge >= 0.3 is 12.1 Å². The zero-order valence-corrected chi connectivity index (χ0v) is 20.9. The van der Waals surface area contributed by atoms with Crippen LogP contribution in [0.25, 0.3) is 22.3 Å². The third-order valence-electron chi connectivity index (χ3n) is 5.77. The predicted molar refractivity (Wildman–Crippen MR) is 139 cm³/mol. The molecule has 3 aromatic rings. The zero-order valence-electron chi connectivity index (χ0n) is 20.9. The summed E-state index contributed by atoms with van der Waals surface area (Å²) in [4.78, 5) is 12.1. The number of benzene rings is 3. The molecule has 0 aliphatic heterocycles. The van der Waals surface area contributed by atoms with E-state index in [1.54, 1.807) is 14.0 Å². The molecule has 0 saturated carbocycles. The molecule has 0 unspecified atom stereocenters. The van der Waals surface area contributed by atoms with Crippen LogP contribution in [0.15, 0.2) is 78.9 Å². The highest BCUT2D eigenvalue weighted by Gasteiger charge is 2.31. The van der Waals surface area contributed by atoms with Crippen LogP contribution >= 0.6 is 0 Å². The first kappa shape index (κ1) is 27.7. The smallest absolute Gasteiger partial charge is 0.416 e. The number of rotatable bonds is 10. The number of halogens is 3. The molecule has 37 heavy (non-hydrogen) atoms. The Morgan fingerprint density at radius 1 is 0.946 bits per heavy atom. The van der Waals surface area contributed by atoms with Gasteiger partial charge in [-0.15, -0.1) is 0 Å². The topological polar surface area (TPSA) is 55.8 Å². The number of alkyl halides is 3. The molecule has 0 aromatic heterocycles. The van der Waals surface area contributed by atoms with Crippen molar-refractivity contribution in [1.29, 1.82) is 0 Å². The van der Waals surface area contributed by atoms with Gasteiger partial charge in [-0.1, -0.05) is 55.5 Å². The molecule has 3 rings (SSSR count). The Morgan fingerprint density at radius 2 is 1.57 bits per heavy atom. The van der Waals surface area contributed by atoms with Crippen molar-refractivity contribution in [2.24, 2.45) is 0 Å². The van der Waals surface area contributed by atoms with Crippen molar-refractivity contribution in [3.8, 4) is 16.9 Å². The maximum Gasteiger partial charge on any atom is 0.416 e. The van der Waals surface area contributed by atoms with Crippen LogP contribution in [0.2, 0.25) is 0 Å². The van der Waals surface area contributed by atoms with Crippen LogP contribution in [0.5, 0.6) is 5.75 Å². The van der Waals surface area contributed by atoms with Gasteiger partial charge in [0.15, 0.2) is 0 Å². The Labute approximate surface area is 214 Å². The number of carboxylic acid groups (broad SMARTS) is 1. The number of ether oxygens (including phenoxy) is 2. The highest BCUT2D eigenvalue weighted by atomic mass is 19.4. The highest BCUT2D eigenvalue weighted by Crippen LogP contribution is 2.34. The van der Waals surface area contributed by atoms with Gasteiger partial charge in [-0.25, -0.2) is 4.79 Å². The number of hydrogen-bond donors (Lipinski definition) is 1. The van der Waals surface area contributed by atoms with Crippen molar-refractivity contribution in [2.75, 3.05) is 20.3 Å². The number of aliphatic carboxylic acids is 1. The third kappa shape index (κ3) is 7.33. The van der Waals surface area contributed by atoms with Gasteiger partial charge in [0.25, 0.3) is 0 Å². The quantitative estimate of drug-likeness (QED) is 0.173. The molecule has 0 aliphatic carbocycles. The van der Waals surface area contributed by atoms with Crippen molar-refractivity contribution in [3.05, 3.63) is 101 Å². The summed E-state index contributed by atoms with van der Waals surface area (Å²) < 4.78 is 50.4. The van der Waals surface area contributed by atoms with Crippen LogP contribution < -0.4 is 4.74 Å². The number of carboxylic acids is 1. The molecular weight excluding hydrogens is 481 g/mol. The fourth-order valence-corrected chi connectivity index (χ4v) is 3.82. The van der Waals surface area contributed by atoms with Gasteiger partial charge < -0.3 is 14.6 Å². The van der Waals surface area contributed by atoms with E-state index in [1.165, 1.54) is 12.1 Å². The van der Waals surface area contributed by atoms with Crippen molar-refractivity contribution < 1.29 is 32.5 Å². The molecule has 7 heteroatoms.